The Balaban J connectivity index is 1.94. The van der Waals surface area contributed by atoms with Crippen LogP contribution in [0.5, 0.6) is 5.75 Å². The molecule has 0 aliphatic heterocycles. The molecule has 2 aromatic carbocycles. The molecule has 1 aromatic heterocycles. The summed E-state index contributed by atoms with van der Waals surface area (Å²) in [7, 11) is 1.27. The number of aromatic hydroxyl groups is 1. The van der Waals surface area contributed by atoms with Crippen LogP contribution < -0.4 is 0 Å². The summed E-state index contributed by atoms with van der Waals surface area (Å²) < 4.78 is 6.18. The SMILES string of the molecule is COC(=O)[C@H](Cc1ccc(O)cc1)n1cc(-c2ccccc2[N+](=O)[O-])nn1. The summed E-state index contributed by atoms with van der Waals surface area (Å²) in [6, 6.07) is 11.8. The number of phenolic OH excluding ortho intramolecular Hbond substituents is 1. The van der Waals surface area contributed by atoms with E-state index in [0.29, 0.717) is 5.56 Å². The van der Waals surface area contributed by atoms with Gasteiger partial charge in [-0.1, -0.05) is 29.5 Å². The smallest absolute Gasteiger partial charge is 0.331 e. The standard InChI is InChI=1S/C18H16N4O5/c1-27-18(24)17(10-12-6-8-13(23)9-7-12)21-11-15(19-20-21)14-4-2-3-5-16(14)22(25)26/h2-9,11,17,23H,10H2,1H3/t17-/m0/s1. The van der Waals surface area contributed by atoms with Gasteiger partial charge in [-0.25, -0.2) is 9.48 Å². The molecule has 0 saturated carbocycles. The first-order valence-corrected chi connectivity index (χ1v) is 8.01. The Kier molecular flexibility index (Phi) is 5.11. The van der Waals surface area contributed by atoms with E-state index in [9.17, 15) is 20.0 Å². The van der Waals surface area contributed by atoms with Crippen LogP contribution in [-0.4, -0.2) is 38.1 Å². The lowest BCUT2D eigenvalue weighted by Gasteiger charge is -2.14. The molecule has 138 valence electrons. The Morgan fingerprint density at radius 3 is 2.63 bits per heavy atom. The van der Waals surface area contributed by atoms with E-state index in [1.54, 1.807) is 30.3 Å². The van der Waals surface area contributed by atoms with Gasteiger partial charge in [-0.05, 0) is 23.8 Å². The molecule has 0 radical (unpaired) electrons. The summed E-state index contributed by atoms with van der Waals surface area (Å²) >= 11 is 0. The van der Waals surface area contributed by atoms with E-state index in [1.165, 1.54) is 36.2 Å². The predicted molar refractivity (Wildman–Crippen MR) is 95.0 cm³/mol. The average Bonchev–Trinajstić information content (AvgIpc) is 3.16. The zero-order valence-corrected chi connectivity index (χ0v) is 14.3. The summed E-state index contributed by atoms with van der Waals surface area (Å²) in [6.45, 7) is 0. The van der Waals surface area contributed by atoms with Gasteiger partial charge in [-0.15, -0.1) is 5.10 Å². The largest absolute Gasteiger partial charge is 0.508 e. The van der Waals surface area contributed by atoms with E-state index in [0.717, 1.165) is 5.56 Å². The van der Waals surface area contributed by atoms with Crippen molar-refractivity contribution in [2.75, 3.05) is 7.11 Å². The molecule has 1 heterocycles. The number of methoxy groups -OCH3 is 1. The van der Waals surface area contributed by atoms with Crippen molar-refractivity contribution in [1.29, 1.82) is 0 Å². The number of nitro benzene ring substituents is 1. The highest BCUT2D eigenvalue weighted by Gasteiger charge is 2.25. The van der Waals surface area contributed by atoms with Crippen molar-refractivity contribution in [1.82, 2.24) is 15.0 Å². The molecule has 9 nitrogen and oxygen atoms in total. The van der Waals surface area contributed by atoms with Crippen LogP contribution in [0, 0.1) is 10.1 Å². The number of rotatable bonds is 6. The van der Waals surface area contributed by atoms with Crippen molar-refractivity contribution in [3.8, 4) is 17.0 Å². The van der Waals surface area contributed by atoms with Crippen LogP contribution in [-0.2, 0) is 16.0 Å². The first-order chi connectivity index (χ1) is 13.0. The molecule has 3 rings (SSSR count). The van der Waals surface area contributed by atoms with Gasteiger partial charge in [0.25, 0.3) is 5.69 Å². The molecule has 1 atom stereocenters. The summed E-state index contributed by atoms with van der Waals surface area (Å²) in [6.07, 6.45) is 1.73. The highest BCUT2D eigenvalue weighted by atomic mass is 16.6. The fraction of sp³-hybridized carbons (Fsp3) is 0.167. The molecule has 0 fully saturated rings. The fourth-order valence-electron chi connectivity index (χ4n) is 2.68. The van der Waals surface area contributed by atoms with Crippen LogP contribution in [0.3, 0.4) is 0 Å². The molecule has 9 heteroatoms. The number of hydrogen-bond donors (Lipinski definition) is 1. The predicted octanol–water partition coefficient (Wildman–Crippen LogP) is 2.52. The van der Waals surface area contributed by atoms with E-state index < -0.39 is 16.9 Å². The van der Waals surface area contributed by atoms with Crippen molar-refractivity contribution < 1.29 is 19.6 Å². The molecule has 0 aliphatic carbocycles. The Morgan fingerprint density at radius 1 is 1.26 bits per heavy atom. The van der Waals surface area contributed by atoms with Crippen molar-refractivity contribution in [2.45, 2.75) is 12.5 Å². The normalized spacial score (nSPS) is 11.7. The van der Waals surface area contributed by atoms with Crippen LogP contribution in [0.2, 0.25) is 0 Å². The minimum Gasteiger partial charge on any atom is -0.508 e. The number of hydrogen-bond acceptors (Lipinski definition) is 7. The number of carbonyl (C=O) groups is 1. The Morgan fingerprint density at radius 2 is 1.96 bits per heavy atom. The minimum absolute atomic E-state index is 0.0993. The molecule has 0 bridgehead atoms. The first kappa shape index (κ1) is 18.1. The third-order valence-electron chi connectivity index (χ3n) is 4.04. The van der Waals surface area contributed by atoms with Gasteiger partial charge in [0, 0.05) is 12.5 Å². The molecule has 0 aliphatic rings. The number of nitrogens with zero attached hydrogens (tertiary/aromatic N) is 4. The number of carbonyl (C=O) groups excluding carboxylic acids is 1. The lowest BCUT2D eigenvalue weighted by Crippen LogP contribution is -2.23. The van der Waals surface area contributed by atoms with E-state index in [2.05, 4.69) is 10.3 Å². The summed E-state index contributed by atoms with van der Waals surface area (Å²) in [5, 5.41) is 28.6. The number of aromatic nitrogens is 3. The van der Waals surface area contributed by atoms with E-state index in [1.807, 2.05) is 0 Å². The van der Waals surface area contributed by atoms with Gasteiger partial charge in [-0.3, -0.25) is 10.1 Å². The summed E-state index contributed by atoms with van der Waals surface area (Å²) in [5.41, 5.74) is 1.27. The number of esters is 1. The van der Waals surface area contributed by atoms with E-state index >= 15 is 0 Å². The Bertz CT molecular complexity index is 968. The second kappa shape index (κ2) is 7.65. The minimum atomic E-state index is -0.802. The maximum atomic E-state index is 12.2. The average molecular weight is 368 g/mol. The molecule has 0 amide bonds. The topological polar surface area (TPSA) is 120 Å². The van der Waals surface area contributed by atoms with Gasteiger partial charge >= 0.3 is 5.97 Å². The number of nitro groups is 1. The molecule has 0 unspecified atom stereocenters. The highest BCUT2D eigenvalue weighted by molar-refractivity contribution is 5.75. The summed E-state index contributed by atoms with van der Waals surface area (Å²) in [5.74, 6) is -0.408. The maximum Gasteiger partial charge on any atom is 0.331 e. The highest BCUT2D eigenvalue weighted by Crippen LogP contribution is 2.28. The van der Waals surface area contributed by atoms with Gasteiger partial charge < -0.3 is 9.84 Å². The monoisotopic (exact) mass is 368 g/mol. The van der Waals surface area contributed by atoms with Gasteiger partial charge in [0.15, 0.2) is 6.04 Å². The molecule has 3 aromatic rings. The maximum absolute atomic E-state index is 12.2. The fourth-order valence-corrected chi connectivity index (χ4v) is 2.68. The quantitative estimate of drug-likeness (QED) is 0.403. The van der Waals surface area contributed by atoms with Gasteiger partial charge in [0.05, 0.1) is 23.8 Å². The molecular formula is C18H16N4O5. The molecule has 27 heavy (non-hydrogen) atoms. The van der Waals surface area contributed by atoms with Crippen LogP contribution >= 0.6 is 0 Å². The molecule has 1 N–H and O–H groups in total. The Hall–Kier alpha value is -3.75. The van der Waals surface area contributed by atoms with Crippen molar-refractivity contribution in [2.24, 2.45) is 0 Å². The Labute approximate surface area is 154 Å². The van der Waals surface area contributed by atoms with Crippen LogP contribution in [0.1, 0.15) is 11.6 Å². The number of ether oxygens (including phenoxy) is 1. The van der Waals surface area contributed by atoms with Gasteiger partial charge in [0.2, 0.25) is 0 Å². The lowest BCUT2D eigenvalue weighted by atomic mass is 10.1. The van der Waals surface area contributed by atoms with E-state index in [4.69, 9.17) is 4.74 Å². The van der Waals surface area contributed by atoms with Crippen LogP contribution in [0.15, 0.2) is 54.7 Å². The third kappa shape index (κ3) is 3.92. The lowest BCUT2D eigenvalue weighted by molar-refractivity contribution is -0.384. The number of phenols is 1. The summed E-state index contributed by atoms with van der Waals surface area (Å²) in [4.78, 5) is 23.0. The zero-order valence-electron chi connectivity index (χ0n) is 14.3. The number of para-hydroxylation sites is 1. The van der Waals surface area contributed by atoms with Crippen molar-refractivity contribution >= 4 is 11.7 Å². The van der Waals surface area contributed by atoms with E-state index in [-0.39, 0.29) is 23.6 Å². The van der Waals surface area contributed by atoms with Crippen LogP contribution in [0.25, 0.3) is 11.3 Å². The molecule has 0 spiro atoms. The van der Waals surface area contributed by atoms with Crippen LogP contribution in [0.4, 0.5) is 5.69 Å². The molecular weight excluding hydrogens is 352 g/mol. The van der Waals surface area contributed by atoms with Crippen molar-refractivity contribution in [3.63, 3.8) is 0 Å². The van der Waals surface area contributed by atoms with Gasteiger partial charge in [-0.2, -0.15) is 0 Å². The van der Waals surface area contributed by atoms with Crippen molar-refractivity contribution in [3.05, 3.63) is 70.4 Å². The number of benzene rings is 2. The third-order valence-corrected chi connectivity index (χ3v) is 4.04. The first-order valence-electron chi connectivity index (χ1n) is 8.01. The second-order valence-electron chi connectivity index (χ2n) is 5.77. The second-order valence-corrected chi connectivity index (χ2v) is 5.77. The van der Waals surface area contributed by atoms with Gasteiger partial charge in [0.1, 0.15) is 11.4 Å². The molecule has 0 saturated heterocycles. The zero-order chi connectivity index (χ0) is 19.4.